The Bertz CT molecular complexity index is 505. The number of fused-ring (bicyclic) bond motifs is 1. The highest BCUT2D eigenvalue weighted by molar-refractivity contribution is 5.89. The quantitative estimate of drug-likeness (QED) is 0.753. The Morgan fingerprint density at radius 3 is 3.05 bits per heavy atom. The van der Waals surface area contributed by atoms with Crippen LogP contribution in [0.3, 0.4) is 0 Å². The summed E-state index contributed by atoms with van der Waals surface area (Å²) in [6, 6.07) is 2.40. The molecule has 3 heterocycles. The van der Waals surface area contributed by atoms with E-state index in [0.29, 0.717) is 23.6 Å². The first-order valence-electron chi connectivity index (χ1n) is 6.64. The Labute approximate surface area is 111 Å². The van der Waals surface area contributed by atoms with Gasteiger partial charge in [0.2, 0.25) is 0 Å². The molecule has 19 heavy (non-hydrogen) atoms. The first kappa shape index (κ1) is 12.2. The number of anilines is 2. The summed E-state index contributed by atoms with van der Waals surface area (Å²) in [6.45, 7) is 2.30. The second-order valence-corrected chi connectivity index (χ2v) is 5.25. The third-order valence-electron chi connectivity index (χ3n) is 4.09. The molecular formula is C13H18N4O2. The smallest absolute Gasteiger partial charge is 0.337 e. The van der Waals surface area contributed by atoms with Crippen molar-refractivity contribution < 1.29 is 9.90 Å². The van der Waals surface area contributed by atoms with Gasteiger partial charge in [0, 0.05) is 24.8 Å². The molecule has 2 aliphatic heterocycles. The average Bonchev–Trinajstić information content (AvgIpc) is 2.96. The number of carboxylic acids is 1. The average molecular weight is 262 g/mol. The van der Waals surface area contributed by atoms with Gasteiger partial charge in [0.1, 0.15) is 5.82 Å². The normalized spacial score (nSPS) is 26.3. The molecule has 0 aliphatic carbocycles. The largest absolute Gasteiger partial charge is 0.478 e. The van der Waals surface area contributed by atoms with E-state index in [-0.39, 0.29) is 5.56 Å². The molecule has 3 rings (SSSR count). The maximum absolute atomic E-state index is 10.8. The van der Waals surface area contributed by atoms with Crippen molar-refractivity contribution in [2.45, 2.75) is 31.3 Å². The zero-order valence-electron chi connectivity index (χ0n) is 10.7. The number of nitrogens with two attached hydrogens (primary N) is 1. The number of carboxylic acid groups (broad SMARTS) is 1. The minimum atomic E-state index is -1.01. The van der Waals surface area contributed by atoms with Crippen molar-refractivity contribution in [1.82, 2.24) is 9.88 Å². The lowest BCUT2D eigenvalue weighted by atomic mass is 10.1. The van der Waals surface area contributed by atoms with Crippen LogP contribution in [0.4, 0.5) is 11.5 Å². The number of nitrogen functional groups attached to an aromatic ring is 1. The van der Waals surface area contributed by atoms with Crippen molar-refractivity contribution in [3.05, 3.63) is 17.8 Å². The van der Waals surface area contributed by atoms with Crippen molar-refractivity contribution >= 4 is 17.5 Å². The maximum atomic E-state index is 10.8. The molecule has 1 aromatic rings. The van der Waals surface area contributed by atoms with Crippen molar-refractivity contribution in [2.24, 2.45) is 0 Å². The summed E-state index contributed by atoms with van der Waals surface area (Å²) in [5.41, 5.74) is 6.39. The molecule has 2 fully saturated rings. The predicted octanol–water partition coefficient (Wildman–Crippen LogP) is 1.01. The van der Waals surface area contributed by atoms with E-state index >= 15 is 0 Å². The van der Waals surface area contributed by atoms with Gasteiger partial charge in [0.05, 0.1) is 11.3 Å². The van der Waals surface area contributed by atoms with E-state index in [2.05, 4.69) is 15.2 Å². The second-order valence-electron chi connectivity index (χ2n) is 5.25. The zero-order valence-corrected chi connectivity index (χ0v) is 10.7. The molecule has 6 nitrogen and oxygen atoms in total. The van der Waals surface area contributed by atoms with E-state index in [9.17, 15) is 4.79 Å². The summed E-state index contributed by atoms with van der Waals surface area (Å²) in [6.07, 6.45) is 4.91. The van der Waals surface area contributed by atoms with Gasteiger partial charge in [-0.05, 0) is 31.9 Å². The van der Waals surface area contributed by atoms with Gasteiger partial charge in [0.15, 0.2) is 0 Å². The fraction of sp³-hybridized carbons (Fsp3) is 0.538. The van der Waals surface area contributed by atoms with E-state index in [0.717, 1.165) is 13.0 Å². The number of hydrogen-bond acceptors (Lipinski definition) is 5. The fourth-order valence-corrected chi connectivity index (χ4v) is 3.15. The van der Waals surface area contributed by atoms with E-state index in [4.69, 9.17) is 10.8 Å². The van der Waals surface area contributed by atoms with Crippen LogP contribution in [0.15, 0.2) is 12.3 Å². The van der Waals surface area contributed by atoms with Crippen LogP contribution in [0.5, 0.6) is 0 Å². The lowest BCUT2D eigenvalue weighted by molar-refractivity contribution is 0.0696. The van der Waals surface area contributed by atoms with Crippen molar-refractivity contribution in [3.8, 4) is 0 Å². The van der Waals surface area contributed by atoms with E-state index in [1.54, 1.807) is 0 Å². The third kappa shape index (κ3) is 2.23. The summed E-state index contributed by atoms with van der Waals surface area (Å²) < 4.78 is 0. The molecule has 4 N–H and O–H groups in total. The molecule has 0 saturated carbocycles. The van der Waals surface area contributed by atoms with Crippen LogP contribution >= 0.6 is 0 Å². The van der Waals surface area contributed by atoms with Crippen LogP contribution in [-0.4, -0.2) is 46.1 Å². The SMILES string of the molecule is Nc1cc(C(=O)O)cnc1NC1CCN2CCCC12. The van der Waals surface area contributed by atoms with Crippen LogP contribution in [0.1, 0.15) is 29.6 Å². The Hall–Kier alpha value is -1.82. The summed E-state index contributed by atoms with van der Waals surface area (Å²) in [5, 5.41) is 12.3. The molecule has 0 radical (unpaired) electrons. The first-order valence-corrected chi connectivity index (χ1v) is 6.64. The summed E-state index contributed by atoms with van der Waals surface area (Å²) in [7, 11) is 0. The monoisotopic (exact) mass is 262 g/mol. The Morgan fingerprint density at radius 1 is 1.47 bits per heavy atom. The van der Waals surface area contributed by atoms with Gasteiger partial charge >= 0.3 is 5.97 Å². The molecule has 0 spiro atoms. The van der Waals surface area contributed by atoms with Crippen molar-refractivity contribution in [3.63, 3.8) is 0 Å². The molecule has 2 saturated heterocycles. The molecule has 102 valence electrons. The predicted molar refractivity (Wildman–Crippen MR) is 72.2 cm³/mol. The van der Waals surface area contributed by atoms with Gasteiger partial charge in [0.25, 0.3) is 0 Å². The maximum Gasteiger partial charge on any atom is 0.337 e. The number of rotatable bonds is 3. The number of pyridine rings is 1. The Balaban J connectivity index is 1.75. The van der Waals surface area contributed by atoms with Gasteiger partial charge in [-0.1, -0.05) is 0 Å². The second kappa shape index (κ2) is 4.70. The molecule has 2 unspecified atom stereocenters. The van der Waals surface area contributed by atoms with E-state index in [1.165, 1.54) is 31.6 Å². The lowest BCUT2D eigenvalue weighted by Crippen LogP contribution is -2.34. The molecule has 0 aromatic carbocycles. The van der Waals surface area contributed by atoms with Crippen LogP contribution in [0.25, 0.3) is 0 Å². The summed E-state index contributed by atoms with van der Waals surface area (Å²) in [4.78, 5) is 17.5. The van der Waals surface area contributed by atoms with Gasteiger partial charge in [-0.3, -0.25) is 4.90 Å². The van der Waals surface area contributed by atoms with Gasteiger partial charge in [-0.25, -0.2) is 9.78 Å². The molecule has 2 atom stereocenters. The molecular weight excluding hydrogens is 244 g/mol. The molecule has 2 aliphatic rings. The minimum Gasteiger partial charge on any atom is -0.478 e. The van der Waals surface area contributed by atoms with Crippen molar-refractivity contribution in [1.29, 1.82) is 0 Å². The summed E-state index contributed by atoms with van der Waals surface area (Å²) >= 11 is 0. The number of carbonyl (C=O) groups is 1. The number of nitrogens with zero attached hydrogens (tertiary/aromatic N) is 2. The first-order chi connectivity index (χ1) is 9.15. The third-order valence-corrected chi connectivity index (χ3v) is 4.09. The Kier molecular flexibility index (Phi) is 3.02. The zero-order chi connectivity index (χ0) is 13.4. The Morgan fingerprint density at radius 2 is 2.32 bits per heavy atom. The minimum absolute atomic E-state index is 0.122. The molecule has 1 aromatic heterocycles. The highest BCUT2D eigenvalue weighted by Gasteiger charge is 2.37. The molecule has 0 bridgehead atoms. The van der Waals surface area contributed by atoms with Crippen LogP contribution in [0, 0.1) is 0 Å². The lowest BCUT2D eigenvalue weighted by Gasteiger charge is -2.22. The molecule has 0 amide bonds. The number of nitrogens with one attached hydrogen (secondary N) is 1. The number of hydrogen-bond donors (Lipinski definition) is 3. The van der Waals surface area contributed by atoms with Crippen LogP contribution in [-0.2, 0) is 0 Å². The van der Waals surface area contributed by atoms with Crippen LogP contribution in [0.2, 0.25) is 0 Å². The van der Waals surface area contributed by atoms with Crippen LogP contribution < -0.4 is 11.1 Å². The summed E-state index contributed by atoms with van der Waals surface area (Å²) in [5.74, 6) is -0.405. The topological polar surface area (TPSA) is 91.5 Å². The fourth-order valence-electron chi connectivity index (χ4n) is 3.15. The van der Waals surface area contributed by atoms with E-state index in [1.807, 2.05) is 0 Å². The highest BCUT2D eigenvalue weighted by atomic mass is 16.4. The van der Waals surface area contributed by atoms with Crippen molar-refractivity contribution in [2.75, 3.05) is 24.1 Å². The van der Waals surface area contributed by atoms with Gasteiger partial charge in [-0.2, -0.15) is 0 Å². The van der Waals surface area contributed by atoms with Gasteiger partial charge in [-0.15, -0.1) is 0 Å². The van der Waals surface area contributed by atoms with E-state index < -0.39 is 5.97 Å². The number of aromatic nitrogens is 1. The highest BCUT2D eigenvalue weighted by Crippen LogP contribution is 2.30. The molecule has 6 heteroatoms. The van der Waals surface area contributed by atoms with Gasteiger partial charge < -0.3 is 16.2 Å². The number of aromatic carboxylic acids is 1. The standard InChI is InChI=1S/C13H18N4O2/c14-9-6-8(13(18)19)7-15-12(9)16-10-3-5-17-4-1-2-11(10)17/h6-7,10-11H,1-5,14H2,(H,15,16)(H,18,19).